The van der Waals surface area contributed by atoms with Crippen molar-refractivity contribution in [3.8, 4) is 5.75 Å². The third-order valence-corrected chi connectivity index (χ3v) is 9.15. The zero-order chi connectivity index (χ0) is 29.2. The monoisotopic (exact) mass is 607 g/mol. The second-order valence-corrected chi connectivity index (χ2v) is 11.9. The lowest BCUT2D eigenvalue weighted by molar-refractivity contribution is 0.115. The highest BCUT2D eigenvalue weighted by Crippen LogP contribution is 2.35. The number of pyridine rings is 1. The molecule has 11 heteroatoms. The summed E-state index contributed by atoms with van der Waals surface area (Å²) in [7, 11) is 3.86. The highest BCUT2D eigenvalue weighted by atomic mass is 35.5. The molecule has 4 aromatic rings. The van der Waals surface area contributed by atoms with E-state index in [1.165, 1.54) is 25.9 Å². The molecule has 0 radical (unpaired) electrons. The van der Waals surface area contributed by atoms with Gasteiger partial charge in [0.2, 0.25) is 0 Å². The minimum Gasteiger partial charge on any atom is -0.494 e. The number of fused-ring (bicyclic) bond motifs is 1. The van der Waals surface area contributed by atoms with Gasteiger partial charge in [-0.2, -0.15) is 5.10 Å². The summed E-state index contributed by atoms with van der Waals surface area (Å²) in [5.41, 5.74) is 2.97. The molecule has 2 fully saturated rings. The fourth-order valence-electron chi connectivity index (χ4n) is 6.05. The van der Waals surface area contributed by atoms with Crippen molar-refractivity contribution >= 4 is 51.2 Å². The molecule has 0 amide bonds. The summed E-state index contributed by atoms with van der Waals surface area (Å²) in [4.78, 5) is 25.2. The molecule has 0 bridgehead atoms. The van der Waals surface area contributed by atoms with Crippen molar-refractivity contribution in [2.45, 2.75) is 25.3 Å². The predicted octanol–water partition coefficient (Wildman–Crippen LogP) is 5.18. The van der Waals surface area contributed by atoms with Crippen LogP contribution in [0.25, 0.3) is 10.8 Å². The Labute approximate surface area is 255 Å². The molecule has 4 heterocycles. The van der Waals surface area contributed by atoms with Crippen LogP contribution in [0.2, 0.25) is 10.0 Å². The molecule has 6 rings (SSSR count). The first-order valence-electron chi connectivity index (χ1n) is 14.3. The van der Waals surface area contributed by atoms with Gasteiger partial charge in [0.25, 0.3) is 5.56 Å². The van der Waals surface area contributed by atoms with Gasteiger partial charge >= 0.3 is 0 Å². The van der Waals surface area contributed by atoms with Crippen LogP contribution in [-0.4, -0.2) is 84.4 Å². The van der Waals surface area contributed by atoms with Crippen molar-refractivity contribution in [3.63, 3.8) is 0 Å². The van der Waals surface area contributed by atoms with Gasteiger partial charge in [0.15, 0.2) is 0 Å². The molecular weight excluding hydrogens is 573 g/mol. The number of H-pyrrole nitrogens is 1. The number of rotatable bonds is 7. The van der Waals surface area contributed by atoms with Crippen LogP contribution in [0.4, 0.5) is 17.2 Å². The van der Waals surface area contributed by atoms with E-state index >= 15 is 0 Å². The van der Waals surface area contributed by atoms with Gasteiger partial charge in [-0.3, -0.25) is 9.69 Å². The van der Waals surface area contributed by atoms with E-state index in [0.717, 1.165) is 37.4 Å². The van der Waals surface area contributed by atoms with Crippen LogP contribution in [0.3, 0.4) is 0 Å². The number of hydrogen-bond donors (Lipinski definition) is 2. The molecule has 0 spiro atoms. The number of nitrogens with zero attached hydrogens (tertiary/aromatic N) is 5. The fourth-order valence-corrected chi connectivity index (χ4v) is 6.58. The first-order chi connectivity index (χ1) is 20.4. The van der Waals surface area contributed by atoms with Gasteiger partial charge in [0.05, 0.1) is 24.4 Å². The number of anilines is 3. The molecule has 2 saturated heterocycles. The van der Waals surface area contributed by atoms with Crippen LogP contribution in [0, 0.1) is 0 Å². The summed E-state index contributed by atoms with van der Waals surface area (Å²) < 4.78 is 5.81. The quantitative estimate of drug-likeness (QED) is 0.297. The van der Waals surface area contributed by atoms with Crippen LogP contribution < -0.4 is 20.5 Å². The third kappa shape index (κ3) is 6.06. The number of aromatic amines is 1. The number of halogens is 2. The molecule has 2 aliphatic heterocycles. The Hall–Kier alpha value is -3.37. The number of piperidine rings is 1. The molecule has 0 atom stereocenters. The van der Waals surface area contributed by atoms with E-state index in [4.69, 9.17) is 32.9 Å². The molecule has 2 aromatic carbocycles. The summed E-state index contributed by atoms with van der Waals surface area (Å²) >= 11 is 12.9. The second kappa shape index (κ2) is 12.5. The molecule has 0 unspecified atom stereocenters. The highest BCUT2D eigenvalue weighted by Gasteiger charge is 2.27. The van der Waals surface area contributed by atoms with Gasteiger partial charge in [-0.1, -0.05) is 29.3 Å². The maximum absolute atomic E-state index is 12.9. The van der Waals surface area contributed by atoms with Crippen molar-refractivity contribution in [1.29, 1.82) is 0 Å². The SMILES string of the molecule is COc1cc(N2CCN(C3CCN(C)CC3)CC2)ccc1Nc1nc(Cc2c(Cl)cccc2Cl)cc2cn[nH]c(=O)c12. The molecule has 9 nitrogen and oxygen atoms in total. The van der Waals surface area contributed by atoms with E-state index in [9.17, 15) is 4.79 Å². The number of likely N-dealkylation sites (tertiary alicyclic amines) is 1. The summed E-state index contributed by atoms with van der Waals surface area (Å²) in [6.07, 6.45) is 4.51. The Balaban J connectivity index is 1.24. The smallest absolute Gasteiger partial charge is 0.275 e. The molecule has 42 heavy (non-hydrogen) atoms. The van der Waals surface area contributed by atoms with E-state index < -0.39 is 0 Å². The average molecular weight is 609 g/mol. The predicted molar refractivity (Wildman–Crippen MR) is 170 cm³/mol. The largest absolute Gasteiger partial charge is 0.494 e. The second-order valence-electron chi connectivity index (χ2n) is 11.1. The summed E-state index contributed by atoms with van der Waals surface area (Å²) in [5, 5.41) is 12.1. The summed E-state index contributed by atoms with van der Waals surface area (Å²) in [5.74, 6) is 1.08. The van der Waals surface area contributed by atoms with Gasteiger partial charge < -0.3 is 19.9 Å². The first-order valence-corrected chi connectivity index (χ1v) is 15.1. The number of nitrogens with one attached hydrogen (secondary N) is 2. The minimum atomic E-state index is -0.331. The normalized spacial score (nSPS) is 17.1. The van der Waals surface area contributed by atoms with E-state index in [-0.39, 0.29) is 5.56 Å². The number of benzene rings is 2. The van der Waals surface area contributed by atoms with E-state index in [2.05, 4.69) is 49.4 Å². The Morgan fingerprint density at radius 2 is 1.76 bits per heavy atom. The van der Waals surface area contributed by atoms with E-state index in [1.807, 2.05) is 18.2 Å². The van der Waals surface area contributed by atoms with Gasteiger partial charge in [0.1, 0.15) is 11.6 Å². The van der Waals surface area contributed by atoms with Gasteiger partial charge in [-0.25, -0.2) is 10.1 Å². The average Bonchev–Trinajstić information content (AvgIpc) is 3.00. The van der Waals surface area contributed by atoms with Crippen LogP contribution >= 0.6 is 23.2 Å². The lowest BCUT2D eigenvalue weighted by Crippen LogP contribution is -2.53. The van der Waals surface area contributed by atoms with Gasteiger partial charge in [-0.15, -0.1) is 0 Å². The standard InChI is InChI=1S/C31H35Cl2N7O2/c1-38-10-8-22(9-11-38)39-12-14-40(15-13-39)23-6-7-27(28(18-23)42-2)36-30-29-20(19-34-37-31(29)41)16-21(35-30)17-24-25(32)4-3-5-26(24)33/h3-7,16,18-19,22H,8-15,17H2,1-2H3,(H,35,36)(H,37,41). The highest BCUT2D eigenvalue weighted by molar-refractivity contribution is 6.36. The Morgan fingerprint density at radius 1 is 1.02 bits per heavy atom. The first kappa shape index (κ1) is 28.7. The number of methoxy groups -OCH3 is 1. The molecular formula is C31H35Cl2N7O2. The third-order valence-electron chi connectivity index (χ3n) is 8.44. The zero-order valence-electron chi connectivity index (χ0n) is 23.9. The molecule has 220 valence electrons. The number of ether oxygens (including phenoxy) is 1. The van der Waals surface area contributed by atoms with Crippen LogP contribution in [0.5, 0.6) is 5.75 Å². The lowest BCUT2D eigenvalue weighted by atomic mass is 10.0. The maximum atomic E-state index is 12.9. The van der Waals surface area contributed by atoms with E-state index in [1.54, 1.807) is 25.4 Å². The zero-order valence-corrected chi connectivity index (χ0v) is 25.4. The number of piperazine rings is 1. The van der Waals surface area contributed by atoms with Crippen molar-refractivity contribution < 1.29 is 4.74 Å². The Kier molecular flexibility index (Phi) is 8.53. The molecule has 2 aliphatic rings. The van der Waals surface area contributed by atoms with Crippen LogP contribution in [0.1, 0.15) is 24.1 Å². The Morgan fingerprint density at radius 3 is 2.48 bits per heavy atom. The molecule has 2 aromatic heterocycles. The van der Waals surface area contributed by atoms with Gasteiger partial charge in [0, 0.05) is 71.5 Å². The van der Waals surface area contributed by atoms with Crippen LogP contribution in [0.15, 0.2) is 53.5 Å². The number of aromatic nitrogens is 3. The minimum absolute atomic E-state index is 0.331. The van der Waals surface area contributed by atoms with E-state index in [0.29, 0.717) is 56.2 Å². The lowest BCUT2D eigenvalue weighted by Gasteiger charge is -2.43. The summed E-state index contributed by atoms with van der Waals surface area (Å²) in [6.45, 7) is 6.43. The van der Waals surface area contributed by atoms with Crippen molar-refractivity contribution in [2.75, 3.05) is 63.6 Å². The molecule has 2 N–H and O–H groups in total. The fraction of sp³-hybridized carbons (Fsp3) is 0.387. The van der Waals surface area contributed by atoms with Crippen molar-refractivity contribution in [2.24, 2.45) is 0 Å². The molecule has 0 aliphatic carbocycles. The topological polar surface area (TPSA) is 89.6 Å². The Bertz CT molecular complexity index is 1610. The van der Waals surface area contributed by atoms with Crippen molar-refractivity contribution in [1.82, 2.24) is 25.0 Å². The molecule has 0 saturated carbocycles. The maximum Gasteiger partial charge on any atom is 0.275 e. The van der Waals surface area contributed by atoms with Crippen molar-refractivity contribution in [3.05, 3.63) is 80.3 Å². The van der Waals surface area contributed by atoms with Gasteiger partial charge in [-0.05, 0) is 68.9 Å². The van der Waals surface area contributed by atoms with Crippen LogP contribution in [-0.2, 0) is 6.42 Å². The summed E-state index contributed by atoms with van der Waals surface area (Å²) in [6, 6.07) is 14.1. The number of hydrogen-bond acceptors (Lipinski definition) is 8.